The minimum Gasteiger partial charge on any atom is -0.368 e. The van der Waals surface area contributed by atoms with Gasteiger partial charge >= 0.3 is 0 Å². The van der Waals surface area contributed by atoms with Gasteiger partial charge in [0, 0.05) is 44.1 Å². The zero-order valence-electron chi connectivity index (χ0n) is 16.8. The number of nitrogen functional groups attached to an aromatic ring is 1. The fourth-order valence-electron chi connectivity index (χ4n) is 3.49. The second-order valence-electron chi connectivity index (χ2n) is 7.23. The van der Waals surface area contributed by atoms with E-state index in [1.165, 1.54) is 0 Å². The molecule has 156 valence electrons. The van der Waals surface area contributed by atoms with Crippen molar-refractivity contribution < 1.29 is 0 Å². The number of nitrogens with zero attached hydrogens (tertiary/aromatic N) is 3. The molecular formula is C25H17Cl2N5. The number of nitrogens with one attached hydrogen (secondary N) is 1. The number of hydrogen-bond donors (Lipinski definition) is 2. The van der Waals surface area contributed by atoms with E-state index in [-0.39, 0.29) is 5.95 Å². The smallest absolute Gasteiger partial charge is 0.221 e. The summed E-state index contributed by atoms with van der Waals surface area (Å²) in [6.45, 7) is 0. The number of hydrogen-bond acceptors (Lipinski definition) is 5. The summed E-state index contributed by atoms with van der Waals surface area (Å²) in [5.74, 6) is 0.219. The summed E-state index contributed by atoms with van der Waals surface area (Å²) in [6.07, 6.45) is 1.76. The third-order valence-electron chi connectivity index (χ3n) is 5.05. The highest BCUT2D eigenvalue weighted by Gasteiger charge is 2.08. The van der Waals surface area contributed by atoms with Crippen LogP contribution < -0.4 is 11.1 Å². The van der Waals surface area contributed by atoms with Crippen molar-refractivity contribution in [3.63, 3.8) is 0 Å². The maximum atomic E-state index is 6.09. The third kappa shape index (κ3) is 4.21. The van der Waals surface area contributed by atoms with Crippen molar-refractivity contribution in [2.45, 2.75) is 0 Å². The molecule has 0 radical (unpaired) electrons. The largest absolute Gasteiger partial charge is 0.368 e. The first-order chi connectivity index (χ1) is 15.5. The van der Waals surface area contributed by atoms with E-state index >= 15 is 0 Å². The Labute approximate surface area is 194 Å². The zero-order chi connectivity index (χ0) is 22.1. The quantitative estimate of drug-likeness (QED) is 0.304. The molecule has 0 amide bonds. The Morgan fingerprint density at radius 1 is 0.688 bits per heavy atom. The lowest BCUT2D eigenvalue weighted by molar-refractivity contribution is 1.19. The molecule has 3 aromatic carbocycles. The maximum Gasteiger partial charge on any atom is 0.221 e. The third-order valence-corrected chi connectivity index (χ3v) is 5.53. The van der Waals surface area contributed by atoms with Gasteiger partial charge in [-0.05, 0) is 54.6 Å². The summed E-state index contributed by atoms with van der Waals surface area (Å²) in [5, 5.41) is 5.77. The number of aromatic nitrogens is 3. The molecule has 0 aliphatic rings. The first kappa shape index (κ1) is 20.2. The topological polar surface area (TPSA) is 76.7 Å². The molecule has 3 N–H and O–H groups in total. The van der Waals surface area contributed by atoms with Crippen LogP contribution in [0, 0.1) is 0 Å². The molecule has 5 rings (SSSR count). The zero-order valence-corrected chi connectivity index (χ0v) is 18.3. The Hall–Kier alpha value is -3.67. The normalized spacial score (nSPS) is 10.9. The van der Waals surface area contributed by atoms with Crippen LogP contribution in [-0.4, -0.2) is 15.0 Å². The summed E-state index contributed by atoms with van der Waals surface area (Å²) < 4.78 is 0. The number of rotatable bonds is 4. The van der Waals surface area contributed by atoms with E-state index in [0.29, 0.717) is 10.0 Å². The first-order valence-corrected chi connectivity index (χ1v) is 10.6. The van der Waals surface area contributed by atoms with Crippen LogP contribution in [0.2, 0.25) is 10.0 Å². The van der Waals surface area contributed by atoms with Crippen molar-refractivity contribution in [2.24, 2.45) is 0 Å². The lowest BCUT2D eigenvalue weighted by Gasteiger charge is -2.11. The van der Waals surface area contributed by atoms with Gasteiger partial charge in [0.1, 0.15) is 0 Å². The molecule has 2 heterocycles. The molecule has 0 saturated heterocycles. The van der Waals surface area contributed by atoms with E-state index in [1.807, 2.05) is 78.9 Å². The highest BCUT2D eigenvalue weighted by Crippen LogP contribution is 2.29. The number of nitrogens with two attached hydrogens (primary N) is 1. The van der Waals surface area contributed by atoms with Crippen LogP contribution in [0.5, 0.6) is 0 Å². The summed E-state index contributed by atoms with van der Waals surface area (Å²) in [6, 6.07) is 25.0. The van der Waals surface area contributed by atoms with Crippen molar-refractivity contribution >= 4 is 51.4 Å². The van der Waals surface area contributed by atoms with Gasteiger partial charge in [0.25, 0.3) is 0 Å². The Kier molecular flexibility index (Phi) is 5.35. The van der Waals surface area contributed by atoms with Crippen molar-refractivity contribution in [2.75, 3.05) is 11.1 Å². The first-order valence-electron chi connectivity index (χ1n) is 9.87. The molecule has 0 aliphatic carbocycles. The molecule has 0 spiro atoms. The summed E-state index contributed by atoms with van der Waals surface area (Å²) >= 11 is 12.1. The van der Waals surface area contributed by atoms with E-state index in [0.717, 1.165) is 44.8 Å². The Balaban J connectivity index is 1.44. The minimum absolute atomic E-state index is 0.219. The molecule has 5 nitrogen and oxygen atoms in total. The number of anilines is 3. The van der Waals surface area contributed by atoms with Gasteiger partial charge in [-0.2, -0.15) is 0 Å². The summed E-state index contributed by atoms with van der Waals surface area (Å²) in [4.78, 5) is 13.2. The van der Waals surface area contributed by atoms with Crippen LogP contribution >= 0.6 is 23.2 Å². The van der Waals surface area contributed by atoms with Gasteiger partial charge in [0.15, 0.2) is 0 Å². The Morgan fingerprint density at radius 2 is 1.31 bits per heavy atom. The van der Waals surface area contributed by atoms with E-state index in [2.05, 4.69) is 20.3 Å². The lowest BCUT2D eigenvalue weighted by atomic mass is 10.1. The van der Waals surface area contributed by atoms with Gasteiger partial charge < -0.3 is 11.1 Å². The van der Waals surface area contributed by atoms with E-state index in [1.54, 1.807) is 6.20 Å². The van der Waals surface area contributed by atoms with Crippen molar-refractivity contribution in [1.82, 2.24) is 15.0 Å². The van der Waals surface area contributed by atoms with Gasteiger partial charge in [-0.15, -0.1) is 0 Å². The molecule has 0 bridgehead atoms. The maximum absolute atomic E-state index is 6.09. The fraction of sp³-hybridized carbons (Fsp3) is 0. The highest BCUT2D eigenvalue weighted by molar-refractivity contribution is 6.31. The molecule has 5 aromatic rings. The standard InChI is InChI=1S/C25H17Cl2N5/c26-17-5-1-15(2-6-17)22-14-23(32-25(28)31-22)16-3-8-19(9-4-16)30-21-11-12-29-24-13-18(27)7-10-20(21)24/h1-14H,(H,29,30)(H2,28,31,32). The molecule has 0 unspecified atom stereocenters. The predicted molar refractivity (Wildman–Crippen MR) is 132 cm³/mol. The van der Waals surface area contributed by atoms with Crippen LogP contribution in [0.4, 0.5) is 17.3 Å². The Bertz CT molecular complexity index is 1420. The average Bonchev–Trinajstić information content (AvgIpc) is 2.79. The number of halogens is 2. The van der Waals surface area contributed by atoms with Crippen molar-refractivity contribution in [3.05, 3.63) is 95.1 Å². The SMILES string of the molecule is Nc1nc(-c2ccc(Cl)cc2)cc(-c2ccc(Nc3ccnc4cc(Cl)ccc34)cc2)n1. The van der Waals surface area contributed by atoms with Gasteiger partial charge in [-0.25, -0.2) is 9.97 Å². The monoisotopic (exact) mass is 457 g/mol. The average molecular weight is 458 g/mol. The van der Waals surface area contributed by atoms with Crippen LogP contribution in [0.15, 0.2) is 85.1 Å². The van der Waals surface area contributed by atoms with Gasteiger partial charge in [0.05, 0.1) is 16.9 Å². The van der Waals surface area contributed by atoms with Gasteiger partial charge in [-0.1, -0.05) is 47.5 Å². The summed E-state index contributed by atoms with van der Waals surface area (Å²) in [7, 11) is 0. The van der Waals surface area contributed by atoms with Crippen LogP contribution in [0.3, 0.4) is 0 Å². The van der Waals surface area contributed by atoms with E-state index < -0.39 is 0 Å². The molecule has 32 heavy (non-hydrogen) atoms. The summed E-state index contributed by atoms with van der Waals surface area (Å²) in [5.41, 5.74) is 12.1. The minimum atomic E-state index is 0.219. The second-order valence-corrected chi connectivity index (χ2v) is 8.10. The molecule has 0 saturated carbocycles. The number of fused-ring (bicyclic) bond motifs is 1. The molecule has 2 aromatic heterocycles. The highest BCUT2D eigenvalue weighted by atomic mass is 35.5. The van der Waals surface area contributed by atoms with Crippen molar-refractivity contribution in [1.29, 1.82) is 0 Å². The van der Waals surface area contributed by atoms with Crippen molar-refractivity contribution in [3.8, 4) is 22.5 Å². The fourth-order valence-corrected chi connectivity index (χ4v) is 3.78. The lowest BCUT2D eigenvalue weighted by Crippen LogP contribution is -1.99. The van der Waals surface area contributed by atoms with Gasteiger partial charge in [0.2, 0.25) is 5.95 Å². The number of benzene rings is 3. The van der Waals surface area contributed by atoms with E-state index in [4.69, 9.17) is 28.9 Å². The van der Waals surface area contributed by atoms with Crippen LogP contribution in [0.25, 0.3) is 33.4 Å². The van der Waals surface area contributed by atoms with Crippen LogP contribution in [-0.2, 0) is 0 Å². The molecule has 0 atom stereocenters. The molecular weight excluding hydrogens is 441 g/mol. The Morgan fingerprint density at radius 3 is 2.00 bits per heavy atom. The second kappa shape index (κ2) is 8.46. The van der Waals surface area contributed by atoms with Gasteiger partial charge in [-0.3, -0.25) is 4.98 Å². The molecule has 0 fully saturated rings. The predicted octanol–water partition coefficient (Wildman–Crippen LogP) is 6.99. The number of pyridine rings is 1. The molecule has 7 heteroatoms. The van der Waals surface area contributed by atoms with E-state index in [9.17, 15) is 0 Å². The van der Waals surface area contributed by atoms with Crippen LogP contribution in [0.1, 0.15) is 0 Å². The molecule has 0 aliphatic heterocycles.